The average molecular weight is 323 g/mol. The van der Waals surface area contributed by atoms with Crippen LogP contribution in [-0.4, -0.2) is 53.3 Å². The zero-order valence-electron chi connectivity index (χ0n) is 11.9. The van der Waals surface area contributed by atoms with Gasteiger partial charge in [-0.2, -0.15) is 0 Å². The first-order valence-electron chi connectivity index (χ1n) is 6.83. The standard InChI is InChI=1S/C13H22N4O.2ClH/c1-11-8-15-12(16-11)9-17-5-2-13(3-6-17)10-14-4-7-18-13;;/h8,14H,2-7,9-10H2,1H3,(H,15,16);2*1H. The molecule has 7 heteroatoms. The number of nitrogens with one attached hydrogen (secondary N) is 2. The Labute approximate surface area is 132 Å². The first kappa shape index (κ1) is 17.7. The summed E-state index contributed by atoms with van der Waals surface area (Å²) in [5.74, 6) is 1.08. The summed E-state index contributed by atoms with van der Waals surface area (Å²) >= 11 is 0. The highest BCUT2D eigenvalue weighted by atomic mass is 35.5. The Kier molecular flexibility index (Phi) is 6.75. The highest BCUT2D eigenvalue weighted by Crippen LogP contribution is 2.27. The number of H-pyrrole nitrogens is 1. The lowest BCUT2D eigenvalue weighted by Crippen LogP contribution is -2.55. The van der Waals surface area contributed by atoms with E-state index in [9.17, 15) is 0 Å². The Bertz CT molecular complexity index is 397. The maximum Gasteiger partial charge on any atom is 0.120 e. The van der Waals surface area contributed by atoms with Gasteiger partial charge in [0.1, 0.15) is 5.82 Å². The first-order valence-corrected chi connectivity index (χ1v) is 6.83. The van der Waals surface area contributed by atoms with Gasteiger partial charge < -0.3 is 15.0 Å². The normalized spacial score (nSPS) is 22.1. The lowest BCUT2D eigenvalue weighted by Gasteiger charge is -2.43. The topological polar surface area (TPSA) is 53.2 Å². The minimum atomic E-state index is 0. The van der Waals surface area contributed by atoms with Crippen LogP contribution >= 0.6 is 24.8 Å². The van der Waals surface area contributed by atoms with Crippen molar-refractivity contribution in [3.63, 3.8) is 0 Å². The van der Waals surface area contributed by atoms with E-state index in [1.165, 1.54) is 0 Å². The van der Waals surface area contributed by atoms with Crippen molar-refractivity contribution >= 4 is 24.8 Å². The van der Waals surface area contributed by atoms with Crippen molar-refractivity contribution in [1.82, 2.24) is 20.2 Å². The SMILES string of the molecule is Cc1cnc(CN2CCC3(CC2)CNCCO3)[nH]1.Cl.Cl. The second-order valence-electron chi connectivity index (χ2n) is 5.50. The van der Waals surface area contributed by atoms with Gasteiger partial charge in [0.25, 0.3) is 0 Å². The Morgan fingerprint density at radius 3 is 2.65 bits per heavy atom. The molecule has 0 saturated carbocycles. The molecule has 2 aliphatic rings. The fourth-order valence-electron chi connectivity index (χ4n) is 2.91. The van der Waals surface area contributed by atoms with Crippen LogP contribution in [0.3, 0.4) is 0 Å². The summed E-state index contributed by atoms with van der Waals surface area (Å²) in [5, 5.41) is 3.45. The quantitative estimate of drug-likeness (QED) is 0.866. The molecule has 0 aromatic carbocycles. The molecule has 5 nitrogen and oxygen atoms in total. The Morgan fingerprint density at radius 2 is 2.10 bits per heavy atom. The number of hydrogen-bond donors (Lipinski definition) is 2. The van der Waals surface area contributed by atoms with Crippen molar-refractivity contribution < 1.29 is 4.74 Å². The van der Waals surface area contributed by atoms with Crippen LogP contribution in [0.15, 0.2) is 6.20 Å². The highest BCUT2D eigenvalue weighted by molar-refractivity contribution is 5.85. The Hall–Kier alpha value is -0.330. The molecule has 116 valence electrons. The van der Waals surface area contributed by atoms with E-state index in [4.69, 9.17) is 4.74 Å². The van der Waals surface area contributed by atoms with Crippen LogP contribution in [0.25, 0.3) is 0 Å². The number of rotatable bonds is 2. The number of imidazole rings is 1. The minimum absolute atomic E-state index is 0. The summed E-state index contributed by atoms with van der Waals surface area (Å²) in [4.78, 5) is 10.1. The van der Waals surface area contributed by atoms with Crippen LogP contribution in [0.5, 0.6) is 0 Å². The molecule has 1 aromatic heterocycles. The van der Waals surface area contributed by atoms with E-state index in [0.29, 0.717) is 0 Å². The fourth-order valence-corrected chi connectivity index (χ4v) is 2.91. The maximum absolute atomic E-state index is 6.00. The molecule has 20 heavy (non-hydrogen) atoms. The van der Waals surface area contributed by atoms with Crippen molar-refractivity contribution in [2.45, 2.75) is 31.9 Å². The zero-order chi connectivity index (χ0) is 12.4. The van der Waals surface area contributed by atoms with E-state index in [1.807, 2.05) is 13.1 Å². The number of likely N-dealkylation sites (tertiary alicyclic amines) is 1. The van der Waals surface area contributed by atoms with Crippen molar-refractivity contribution in [3.8, 4) is 0 Å². The van der Waals surface area contributed by atoms with Gasteiger partial charge in [0.15, 0.2) is 0 Å². The molecule has 1 aromatic rings. The van der Waals surface area contributed by atoms with Crippen molar-refractivity contribution in [1.29, 1.82) is 0 Å². The highest BCUT2D eigenvalue weighted by Gasteiger charge is 2.36. The van der Waals surface area contributed by atoms with Crippen molar-refractivity contribution in [2.24, 2.45) is 0 Å². The molecular weight excluding hydrogens is 299 g/mol. The molecule has 2 aliphatic heterocycles. The Morgan fingerprint density at radius 1 is 1.35 bits per heavy atom. The maximum atomic E-state index is 6.00. The van der Waals surface area contributed by atoms with Crippen LogP contribution < -0.4 is 5.32 Å². The largest absolute Gasteiger partial charge is 0.372 e. The lowest BCUT2D eigenvalue weighted by atomic mass is 9.90. The molecule has 3 rings (SSSR count). The monoisotopic (exact) mass is 322 g/mol. The number of aryl methyl sites for hydroxylation is 1. The summed E-state index contributed by atoms with van der Waals surface area (Å²) in [5.41, 5.74) is 1.24. The smallest absolute Gasteiger partial charge is 0.120 e. The zero-order valence-corrected chi connectivity index (χ0v) is 13.5. The fraction of sp³-hybridized carbons (Fsp3) is 0.769. The van der Waals surface area contributed by atoms with Gasteiger partial charge in [0.2, 0.25) is 0 Å². The van der Waals surface area contributed by atoms with Crippen LogP contribution in [0.2, 0.25) is 0 Å². The summed E-state index contributed by atoms with van der Waals surface area (Å²) in [6.07, 6.45) is 4.15. The molecule has 0 amide bonds. The Balaban J connectivity index is 0.000001000. The summed E-state index contributed by atoms with van der Waals surface area (Å²) < 4.78 is 6.00. The molecule has 0 radical (unpaired) electrons. The molecule has 2 saturated heterocycles. The van der Waals surface area contributed by atoms with Gasteiger partial charge in [-0.05, 0) is 19.8 Å². The van der Waals surface area contributed by atoms with Crippen LogP contribution in [0.4, 0.5) is 0 Å². The molecule has 2 N–H and O–H groups in total. The molecule has 0 unspecified atom stereocenters. The van der Waals surface area contributed by atoms with E-state index in [0.717, 1.165) is 63.7 Å². The number of aromatic nitrogens is 2. The lowest BCUT2D eigenvalue weighted by molar-refractivity contribution is -0.101. The van der Waals surface area contributed by atoms with Crippen LogP contribution in [-0.2, 0) is 11.3 Å². The predicted molar refractivity (Wildman–Crippen MR) is 83.9 cm³/mol. The number of aromatic amines is 1. The number of nitrogens with zero attached hydrogens (tertiary/aromatic N) is 2. The van der Waals surface area contributed by atoms with Crippen molar-refractivity contribution in [3.05, 3.63) is 17.7 Å². The van der Waals surface area contributed by atoms with Crippen molar-refractivity contribution in [2.75, 3.05) is 32.8 Å². The number of halogens is 2. The second-order valence-corrected chi connectivity index (χ2v) is 5.50. The molecule has 0 aliphatic carbocycles. The van der Waals surface area contributed by atoms with Gasteiger partial charge in [0, 0.05) is 38.1 Å². The van der Waals surface area contributed by atoms with Gasteiger partial charge in [-0.25, -0.2) is 4.98 Å². The van der Waals surface area contributed by atoms with Gasteiger partial charge in [0.05, 0.1) is 18.8 Å². The molecule has 0 bridgehead atoms. The van der Waals surface area contributed by atoms with E-state index < -0.39 is 0 Å². The molecular formula is C13H24Cl2N4O. The molecule has 0 atom stereocenters. The molecule has 1 spiro atoms. The minimum Gasteiger partial charge on any atom is -0.372 e. The van der Waals surface area contributed by atoms with Crippen LogP contribution in [0.1, 0.15) is 24.4 Å². The van der Waals surface area contributed by atoms with Gasteiger partial charge in [-0.3, -0.25) is 4.90 Å². The third-order valence-corrected chi connectivity index (χ3v) is 4.03. The summed E-state index contributed by atoms with van der Waals surface area (Å²) in [7, 11) is 0. The number of ether oxygens (including phenoxy) is 1. The van der Waals surface area contributed by atoms with Gasteiger partial charge in [-0.15, -0.1) is 24.8 Å². The van der Waals surface area contributed by atoms with Gasteiger partial charge >= 0.3 is 0 Å². The molecule has 2 fully saturated rings. The number of hydrogen-bond acceptors (Lipinski definition) is 4. The van der Waals surface area contributed by atoms with E-state index in [-0.39, 0.29) is 30.4 Å². The third kappa shape index (κ3) is 4.09. The van der Waals surface area contributed by atoms with E-state index >= 15 is 0 Å². The number of morpholine rings is 1. The van der Waals surface area contributed by atoms with E-state index in [2.05, 4.69) is 20.2 Å². The van der Waals surface area contributed by atoms with Crippen LogP contribution in [0, 0.1) is 6.92 Å². The summed E-state index contributed by atoms with van der Waals surface area (Å²) in [6, 6.07) is 0. The van der Waals surface area contributed by atoms with E-state index in [1.54, 1.807) is 0 Å². The third-order valence-electron chi connectivity index (χ3n) is 4.03. The number of piperidine rings is 1. The summed E-state index contributed by atoms with van der Waals surface area (Å²) in [6.45, 7) is 8.04. The first-order chi connectivity index (χ1) is 8.76. The second kappa shape index (κ2) is 7.61. The molecule has 3 heterocycles. The predicted octanol–water partition coefficient (Wildman–Crippen LogP) is 1.52. The van der Waals surface area contributed by atoms with Gasteiger partial charge in [-0.1, -0.05) is 0 Å². The average Bonchev–Trinajstić information content (AvgIpc) is 2.79.